The number of aliphatic carboxylic acids is 1. The summed E-state index contributed by atoms with van der Waals surface area (Å²) < 4.78 is 10.4. The molecule has 1 aliphatic carbocycles. The van der Waals surface area contributed by atoms with Crippen molar-refractivity contribution in [2.75, 3.05) is 19.7 Å². The van der Waals surface area contributed by atoms with Gasteiger partial charge in [-0.05, 0) is 25.7 Å². The largest absolute Gasteiger partial charge is 0.480 e. The maximum atomic E-state index is 12.3. The SMILES string of the molecule is O=C(O)COC1CCN(C(=O)c2cc(C3CC3)on2)CC1. The molecule has 21 heavy (non-hydrogen) atoms. The number of hydrogen-bond acceptors (Lipinski definition) is 5. The normalized spacial score (nSPS) is 19.7. The van der Waals surface area contributed by atoms with E-state index in [2.05, 4.69) is 5.16 Å². The number of amides is 1. The van der Waals surface area contributed by atoms with E-state index in [1.54, 1.807) is 11.0 Å². The smallest absolute Gasteiger partial charge is 0.329 e. The second-order valence-corrected chi connectivity index (χ2v) is 5.59. The minimum atomic E-state index is -0.969. The third-order valence-corrected chi connectivity index (χ3v) is 3.90. The molecule has 1 saturated carbocycles. The lowest BCUT2D eigenvalue weighted by molar-refractivity contribution is -0.145. The van der Waals surface area contributed by atoms with Gasteiger partial charge >= 0.3 is 5.97 Å². The molecule has 1 saturated heterocycles. The van der Waals surface area contributed by atoms with E-state index < -0.39 is 5.97 Å². The van der Waals surface area contributed by atoms with Gasteiger partial charge < -0.3 is 19.3 Å². The number of carbonyl (C=O) groups excluding carboxylic acids is 1. The third-order valence-electron chi connectivity index (χ3n) is 3.90. The zero-order valence-electron chi connectivity index (χ0n) is 11.7. The van der Waals surface area contributed by atoms with Crippen molar-refractivity contribution in [3.8, 4) is 0 Å². The van der Waals surface area contributed by atoms with Crippen molar-refractivity contribution >= 4 is 11.9 Å². The summed E-state index contributed by atoms with van der Waals surface area (Å²) >= 11 is 0. The number of carboxylic acids is 1. The van der Waals surface area contributed by atoms with Crippen LogP contribution < -0.4 is 0 Å². The van der Waals surface area contributed by atoms with Crippen molar-refractivity contribution < 1.29 is 24.0 Å². The van der Waals surface area contributed by atoms with Gasteiger partial charge in [-0.15, -0.1) is 0 Å². The van der Waals surface area contributed by atoms with Crippen LogP contribution in [0.25, 0.3) is 0 Å². The lowest BCUT2D eigenvalue weighted by Crippen LogP contribution is -2.41. The highest BCUT2D eigenvalue weighted by Gasteiger charge is 2.31. The first-order valence-electron chi connectivity index (χ1n) is 7.23. The standard InChI is InChI=1S/C14H18N2O5/c17-13(18)8-20-10-3-5-16(6-4-10)14(19)11-7-12(21-15-11)9-1-2-9/h7,9-10H,1-6,8H2,(H,17,18). The Morgan fingerprint density at radius 2 is 2.05 bits per heavy atom. The molecule has 2 aliphatic rings. The summed E-state index contributed by atoms with van der Waals surface area (Å²) in [5, 5.41) is 12.4. The van der Waals surface area contributed by atoms with Crippen LogP contribution in [0.5, 0.6) is 0 Å². The highest BCUT2D eigenvalue weighted by Crippen LogP contribution is 2.40. The van der Waals surface area contributed by atoms with Crippen molar-refractivity contribution in [3.63, 3.8) is 0 Å². The van der Waals surface area contributed by atoms with E-state index in [1.165, 1.54) is 0 Å². The Bertz CT molecular complexity index is 529. The predicted octanol–water partition coefficient (Wildman–Crippen LogP) is 1.26. The number of nitrogens with zero attached hydrogens (tertiary/aromatic N) is 2. The average Bonchev–Trinajstić information content (AvgIpc) is 3.22. The molecule has 1 amide bonds. The Labute approximate surface area is 121 Å². The molecular formula is C14H18N2O5. The molecule has 1 aromatic rings. The van der Waals surface area contributed by atoms with E-state index in [0.717, 1.165) is 18.6 Å². The van der Waals surface area contributed by atoms with Crippen molar-refractivity contribution in [2.45, 2.75) is 37.7 Å². The van der Waals surface area contributed by atoms with Crippen LogP contribution in [0.15, 0.2) is 10.6 Å². The fourth-order valence-corrected chi connectivity index (χ4v) is 2.53. The summed E-state index contributed by atoms with van der Waals surface area (Å²) in [5.74, 6) is 0.151. The molecule has 0 atom stereocenters. The van der Waals surface area contributed by atoms with Crippen LogP contribution in [0.2, 0.25) is 0 Å². The summed E-state index contributed by atoms with van der Waals surface area (Å²) in [6, 6.07) is 1.74. The van der Waals surface area contributed by atoms with Crippen LogP contribution in [-0.2, 0) is 9.53 Å². The van der Waals surface area contributed by atoms with Crippen molar-refractivity contribution in [1.82, 2.24) is 10.1 Å². The van der Waals surface area contributed by atoms with Crippen LogP contribution in [0.4, 0.5) is 0 Å². The van der Waals surface area contributed by atoms with Gasteiger partial charge in [-0.25, -0.2) is 4.79 Å². The number of piperidine rings is 1. The van der Waals surface area contributed by atoms with Crippen LogP contribution in [0.3, 0.4) is 0 Å². The van der Waals surface area contributed by atoms with Crippen LogP contribution >= 0.6 is 0 Å². The average molecular weight is 294 g/mol. The summed E-state index contributed by atoms with van der Waals surface area (Å²) in [6.45, 7) is 0.816. The van der Waals surface area contributed by atoms with Crippen LogP contribution in [0.1, 0.15) is 47.8 Å². The first-order chi connectivity index (χ1) is 10.1. The Morgan fingerprint density at radius 1 is 1.33 bits per heavy atom. The summed E-state index contributed by atoms with van der Waals surface area (Å²) in [7, 11) is 0. The van der Waals surface area contributed by atoms with Gasteiger partial charge in [0.25, 0.3) is 5.91 Å². The number of aromatic nitrogens is 1. The maximum absolute atomic E-state index is 12.3. The molecule has 7 heteroatoms. The fraction of sp³-hybridized carbons (Fsp3) is 0.643. The summed E-state index contributed by atoms with van der Waals surface area (Å²) in [6.07, 6.45) is 3.41. The Morgan fingerprint density at radius 3 is 2.67 bits per heavy atom. The summed E-state index contributed by atoms with van der Waals surface area (Å²) in [4.78, 5) is 24.5. The van der Waals surface area contributed by atoms with Crippen molar-refractivity contribution in [2.24, 2.45) is 0 Å². The fourth-order valence-electron chi connectivity index (χ4n) is 2.53. The van der Waals surface area contributed by atoms with Crippen molar-refractivity contribution in [1.29, 1.82) is 0 Å². The Balaban J connectivity index is 1.51. The number of hydrogen-bond donors (Lipinski definition) is 1. The molecule has 0 unspecified atom stereocenters. The molecule has 2 heterocycles. The van der Waals surface area contributed by atoms with Gasteiger partial charge in [0, 0.05) is 25.1 Å². The van der Waals surface area contributed by atoms with E-state index in [4.69, 9.17) is 14.4 Å². The topological polar surface area (TPSA) is 92.9 Å². The highest BCUT2D eigenvalue weighted by atomic mass is 16.5. The van der Waals surface area contributed by atoms with Gasteiger partial charge in [0.15, 0.2) is 5.69 Å². The quantitative estimate of drug-likeness (QED) is 0.878. The molecule has 3 rings (SSSR count). The molecular weight excluding hydrogens is 276 g/mol. The van der Waals surface area contributed by atoms with Gasteiger partial charge in [0.05, 0.1) is 6.10 Å². The van der Waals surface area contributed by atoms with E-state index >= 15 is 0 Å². The molecule has 1 N–H and O–H groups in total. The Hall–Kier alpha value is -1.89. The first kappa shape index (κ1) is 14.1. The van der Waals surface area contributed by atoms with Gasteiger partial charge in [0.1, 0.15) is 12.4 Å². The van der Waals surface area contributed by atoms with Gasteiger partial charge in [-0.2, -0.15) is 0 Å². The van der Waals surface area contributed by atoms with Gasteiger partial charge in [-0.3, -0.25) is 4.79 Å². The third kappa shape index (κ3) is 3.41. The number of carboxylic acid groups (broad SMARTS) is 1. The molecule has 0 spiro atoms. The maximum Gasteiger partial charge on any atom is 0.329 e. The van der Waals surface area contributed by atoms with E-state index in [0.29, 0.717) is 37.5 Å². The molecule has 1 aliphatic heterocycles. The van der Waals surface area contributed by atoms with E-state index in [9.17, 15) is 9.59 Å². The van der Waals surface area contributed by atoms with Gasteiger partial charge in [0.2, 0.25) is 0 Å². The Kier molecular flexibility index (Phi) is 3.92. The number of likely N-dealkylation sites (tertiary alicyclic amines) is 1. The number of carbonyl (C=O) groups is 2. The molecule has 1 aromatic heterocycles. The number of ether oxygens (including phenoxy) is 1. The predicted molar refractivity (Wildman–Crippen MR) is 71.0 cm³/mol. The lowest BCUT2D eigenvalue weighted by atomic mass is 10.1. The van der Waals surface area contributed by atoms with Crippen LogP contribution in [-0.4, -0.2) is 52.8 Å². The molecule has 114 valence electrons. The minimum Gasteiger partial charge on any atom is -0.480 e. The molecule has 0 bridgehead atoms. The van der Waals surface area contributed by atoms with E-state index in [1.807, 2.05) is 0 Å². The lowest BCUT2D eigenvalue weighted by Gasteiger charge is -2.31. The molecule has 2 fully saturated rings. The number of rotatable bonds is 5. The second kappa shape index (κ2) is 5.85. The summed E-state index contributed by atoms with van der Waals surface area (Å²) in [5.41, 5.74) is 0.363. The van der Waals surface area contributed by atoms with Crippen molar-refractivity contribution in [3.05, 3.63) is 17.5 Å². The van der Waals surface area contributed by atoms with Crippen LogP contribution in [0, 0.1) is 0 Å². The van der Waals surface area contributed by atoms with Gasteiger partial charge in [-0.1, -0.05) is 5.16 Å². The molecule has 0 radical (unpaired) electrons. The van der Waals surface area contributed by atoms with E-state index in [-0.39, 0.29) is 18.6 Å². The highest BCUT2D eigenvalue weighted by molar-refractivity contribution is 5.92. The zero-order chi connectivity index (χ0) is 14.8. The second-order valence-electron chi connectivity index (χ2n) is 5.59. The first-order valence-corrected chi connectivity index (χ1v) is 7.23. The zero-order valence-corrected chi connectivity index (χ0v) is 11.7. The minimum absolute atomic E-state index is 0.0931. The molecule has 0 aromatic carbocycles. The monoisotopic (exact) mass is 294 g/mol. The molecule has 7 nitrogen and oxygen atoms in total.